The van der Waals surface area contributed by atoms with E-state index in [9.17, 15) is 5.11 Å². The van der Waals surface area contributed by atoms with Crippen molar-refractivity contribution in [3.05, 3.63) is 115 Å². The number of fused-ring (bicyclic) bond motifs is 3. The molecule has 4 nitrogen and oxygen atoms in total. The first-order chi connectivity index (χ1) is 18.2. The number of aromatic nitrogens is 3. The van der Waals surface area contributed by atoms with Crippen molar-refractivity contribution < 1.29 is 5.11 Å². The van der Waals surface area contributed by atoms with Crippen LogP contribution in [-0.4, -0.2) is 19.6 Å². The smallest absolute Gasteiger partial charge is 0.144 e. The van der Waals surface area contributed by atoms with Crippen LogP contribution in [0.15, 0.2) is 115 Å². The molecule has 4 heteroatoms. The van der Waals surface area contributed by atoms with Crippen molar-refractivity contribution in [2.75, 3.05) is 0 Å². The van der Waals surface area contributed by atoms with Crippen LogP contribution < -0.4 is 0 Å². The molecule has 7 aromatic rings. The Bertz CT molecular complexity index is 1970. The van der Waals surface area contributed by atoms with E-state index in [1.807, 2.05) is 35.9 Å². The van der Waals surface area contributed by atoms with E-state index >= 15 is 0 Å². The summed E-state index contributed by atoms with van der Waals surface area (Å²) in [5.41, 5.74) is 6.41. The van der Waals surface area contributed by atoms with E-state index in [0.29, 0.717) is 5.56 Å². The van der Waals surface area contributed by atoms with Gasteiger partial charge in [0.15, 0.2) is 0 Å². The number of phenolic OH excluding ortho intramolecular Hbond substituents is 1. The van der Waals surface area contributed by atoms with Crippen LogP contribution in [0, 0.1) is 0 Å². The number of benzene rings is 5. The molecule has 1 N–H and O–H groups in total. The topological polar surface area (TPSA) is 50.9 Å². The lowest BCUT2D eigenvalue weighted by molar-refractivity contribution is 0.476. The maximum atomic E-state index is 10.5. The number of aromatic hydroxyl groups is 1. The highest BCUT2D eigenvalue weighted by Crippen LogP contribution is 2.37. The number of aryl methyl sites for hydroxylation is 1. The minimum atomic E-state index is 0.212. The van der Waals surface area contributed by atoms with Crippen LogP contribution in [0.4, 0.5) is 0 Å². The van der Waals surface area contributed by atoms with Gasteiger partial charge in [-0.15, -0.1) is 0 Å². The molecule has 0 unspecified atom stereocenters. The van der Waals surface area contributed by atoms with Crippen molar-refractivity contribution in [1.82, 2.24) is 14.5 Å². The number of pyridine rings is 1. The van der Waals surface area contributed by atoms with Crippen molar-refractivity contribution in [3.63, 3.8) is 0 Å². The Balaban J connectivity index is 1.49. The van der Waals surface area contributed by atoms with Gasteiger partial charge in [-0.3, -0.25) is 0 Å². The fourth-order valence-corrected chi connectivity index (χ4v) is 5.21. The molecule has 2 heterocycles. The SMILES string of the molecule is Cn1c(-c2ccccc2O)nc2c(-c3nc(-c4ccc5ccccc5c4)cc4ccccc34)cccc21. The number of hydrogen-bond acceptors (Lipinski definition) is 3. The molecule has 0 aliphatic carbocycles. The predicted molar refractivity (Wildman–Crippen MR) is 151 cm³/mol. The van der Waals surface area contributed by atoms with Crippen LogP contribution >= 0.6 is 0 Å². The molecule has 0 bridgehead atoms. The minimum Gasteiger partial charge on any atom is -0.507 e. The Hall–Kier alpha value is -4.96. The van der Waals surface area contributed by atoms with Gasteiger partial charge >= 0.3 is 0 Å². The summed E-state index contributed by atoms with van der Waals surface area (Å²) in [6, 6.07) is 38.9. The van der Waals surface area contributed by atoms with Crippen molar-refractivity contribution in [1.29, 1.82) is 0 Å². The summed E-state index contributed by atoms with van der Waals surface area (Å²) in [6.45, 7) is 0. The molecule has 0 saturated heterocycles. The monoisotopic (exact) mass is 477 g/mol. The molecule has 7 rings (SSSR count). The van der Waals surface area contributed by atoms with E-state index in [-0.39, 0.29) is 5.75 Å². The lowest BCUT2D eigenvalue weighted by Gasteiger charge is -2.11. The second-order valence-corrected chi connectivity index (χ2v) is 9.32. The molecule has 0 aliphatic rings. The highest BCUT2D eigenvalue weighted by molar-refractivity contribution is 6.04. The van der Waals surface area contributed by atoms with Crippen LogP contribution in [0.5, 0.6) is 5.75 Å². The maximum Gasteiger partial charge on any atom is 0.144 e. The highest BCUT2D eigenvalue weighted by Gasteiger charge is 2.18. The Morgan fingerprint density at radius 2 is 1.35 bits per heavy atom. The summed E-state index contributed by atoms with van der Waals surface area (Å²) in [6.07, 6.45) is 0. The largest absolute Gasteiger partial charge is 0.507 e. The van der Waals surface area contributed by atoms with E-state index in [4.69, 9.17) is 9.97 Å². The number of rotatable bonds is 3. The van der Waals surface area contributed by atoms with Gasteiger partial charge in [-0.25, -0.2) is 9.97 Å². The molecule has 0 amide bonds. The molecule has 0 aliphatic heterocycles. The third-order valence-electron chi connectivity index (χ3n) is 7.10. The quantitative estimate of drug-likeness (QED) is 0.281. The number of hydrogen-bond donors (Lipinski definition) is 1. The normalized spacial score (nSPS) is 11.5. The van der Waals surface area contributed by atoms with Crippen LogP contribution in [0.25, 0.3) is 66.5 Å². The van der Waals surface area contributed by atoms with E-state index in [1.165, 1.54) is 10.8 Å². The molecular weight excluding hydrogens is 454 g/mol. The van der Waals surface area contributed by atoms with Gasteiger partial charge in [0.25, 0.3) is 0 Å². The van der Waals surface area contributed by atoms with Crippen molar-refractivity contribution in [2.45, 2.75) is 0 Å². The fraction of sp³-hybridized carbons (Fsp3) is 0.0303. The van der Waals surface area contributed by atoms with E-state index in [1.54, 1.807) is 6.07 Å². The Kier molecular flexibility index (Phi) is 4.79. The first-order valence-electron chi connectivity index (χ1n) is 12.3. The first kappa shape index (κ1) is 21.3. The van der Waals surface area contributed by atoms with Gasteiger partial charge in [-0.05, 0) is 46.5 Å². The second-order valence-electron chi connectivity index (χ2n) is 9.32. The number of nitrogens with zero attached hydrogens (tertiary/aromatic N) is 3. The minimum absolute atomic E-state index is 0.212. The lowest BCUT2D eigenvalue weighted by Crippen LogP contribution is -1.93. The molecule has 0 atom stereocenters. The summed E-state index contributed by atoms with van der Waals surface area (Å²) < 4.78 is 2.03. The molecule has 0 radical (unpaired) electrons. The van der Waals surface area contributed by atoms with Gasteiger partial charge in [0.2, 0.25) is 0 Å². The molecule has 37 heavy (non-hydrogen) atoms. The van der Waals surface area contributed by atoms with Gasteiger partial charge in [0.05, 0.1) is 28.0 Å². The first-order valence-corrected chi connectivity index (χ1v) is 12.3. The second kappa shape index (κ2) is 8.32. The molecule has 5 aromatic carbocycles. The van der Waals surface area contributed by atoms with Gasteiger partial charge in [-0.2, -0.15) is 0 Å². The Morgan fingerprint density at radius 3 is 2.22 bits per heavy atom. The summed E-state index contributed by atoms with van der Waals surface area (Å²) in [5.74, 6) is 0.930. The van der Waals surface area contributed by atoms with Crippen molar-refractivity contribution >= 4 is 32.6 Å². The number of imidazole rings is 1. The summed E-state index contributed by atoms with van der Waals surface area (Å²) in [4.78, 5) is 10.3. The molecule has 0 spiro atoms. The molecular formula is C33H23N3O. The van der Waals surface area contributed by atoms with E-state index in [0.717, 1.165) is 50.1 Å². The van der Waals surface area contributed by atoms with Gasteiger partial charge in [0, 0.05) is 23.6 Å². The summed E-state index contributed by atoms with van der Waals surface area (Å²) in [5, 5.41) is 15.1. The van der Waals surface area contributed by atoms with Crippen molar-refractivity contribution in [2.24, 2.45) is 7.05 Å². The van der Waals surface area contributed by atoms with Crippen molar-refractivity contribution in [3.8, 4) is 39.7 Å². The molecule has 176 valence electrons. The summed E-state index contributed by atoms with van der Waals surface area (Å²) in [7, 11) is 1.98. The third kappa shape index (κ3) is 3.46. The van der Waals surface area contributed by atoms with Crippen LogP contribution in [-0.2, 0) is 7.05 Å². The fourth-order valence-electron chi connectivity index (χ4n) is 5.21. The molecule has 2 aromatic heterocycles. The standard InChI is InChI=1S/C33H23N3O/c1-36-29-15-8-14-27(32(29)35-33(36)26-13-6-7-16-30(26)37)31-25-12-5-4-11-23(25)20-28(34-31)24-18-17-21-9-2-3-10-22(21)19-24/h2-20,37H,1H3. The summed E-state index contributed by atoms with van der Waals surface area (Å²) >= 11 is 0. The van der Waals surface area contributed by atoms with Gasteiger partial charge in [0.1, 0.15) is 11.6 Å². The van der Waals surface area contributed by atoms with E-state index in [2.05, 4.69) is 84.9 Å². The van der Waals surface area contributed by atoms with Crippen LogP contribution in [0.1, 0.15) is 0 Å². The van der Waals surface area contributed by atoms with Gasteiger partial charge < -0.3 is 9.67 Å². The average molecular weight is 478 g/mol. The average Bonchev–Trinajstić information content (AvgIpc) is 3.28. The number of phenols is 1. The molecule has 0 fully saturated rings. The van der Waals surface area contributed by atoms with Crippen LogP contribution in [0.3, 0.4) is 0 Å². The lowest BCUT2D eigenvalue weighted by atomic mass is 9.99. The van der Waals surface area contributed by atoms with Gasteiger partial charge in [-0.1, -0.05) is 84.9 Å². The predicted octanol–water partition coefficient (Wildman–Crippen LogP) is 7.98. The zero-order chi connectivity index (χ0) is 24.9. The highest BCUT2D eigenvalue weighted by atomic mass is 16.3. The number of para-hydroxylation sites is 2. The Labute approximate surface area is 214 Å². The Morgan fingerprint density at radius 1 is 0.622 bits per heavy atom. The third-order valence-corrected chi connectivity index (χ3v) is 7.10. The zero-order valence-electron chi connectivity index (χ0n) is 20.3. The zero-order valence-corrected chi connectivity index (χ0v) is 20.3. The molecule has 0 saturated carbocycles. The maximum absolute atomic E-state index is 10.5. The van der Waals surface area contributed by atoms with E-state index < -0.39 is 0 Å². The van der Waals surface area contributed by atoms with Crippen LogP contribution in [0.2, 0.25) is 0 Å².